The molecule has 90 valence electrons. The maximum atomic E-state index is 5.68. The van der Waals surface area contributed by atoms with Crippen LogP contribution in [0.1, 0.15) is 32.6 Å². The van der Waals surface area contributed by atoms with E-state index >= 15 is 0 Å². The van der Waals surface area contributed by atoms with Gasteiger partial charge < -0.3 is 4.90 Å². The first-order valence-corrected chi connectivity index (χ1v) is 6.76. The van der Waals surface area contributed by atoms with Gasteiger partial charge in [0.05, 0.1) is 0 Å². The largest absolute Gasteiger partial charge is 0.305 e. The van der Waals surface area contributed by atoms with E-state index in [9.17, 15) is 0 Å². The molecule has 1 unspecified atom stereocenters. The van der Waals surface area contributed by atoms with E-state index < -0.39 is 0 Å². The second kappa shape index (κ2) is 7.48. The first-order chi connectivity index (χ1) is 7.24. The van der Waals surface area contributed by atoms with Gasteiger partial charge in [0.2, 0.25) is 0 Å². The Morgan fingerprint density at radius 1 is 1.20 bits per heavy atom. The summed E-state index contributed by atoms with van der Waals surface area (Å²) in [6.07, 6.45) is 5.07. The molecule has 15 heavy (non-hydrogen) atoms. The molecule has 1 heterocycles. The number of halogens is 1. The third-order valence-electron chi connectivity index (χ3n) is 3.26. The number of hydrogen-bond acceptors (Lipinski definition) is 2. The number of nitrogens with zero attached hydrogens (tertiary/aromatic N) is 2. The Kier molecular flexibility index (Phi) is 6.62. The van der Waals surface area contributed by atoms with Gasteiger partial charge in [0.1, 0.15) is 0 Å². The average molecular weight is 233 g/mol. The summed E-state index contributed by atoms with van der Waals surface area (Å²) in [6.45, 7) is 7.35. The van der Waals surface area contributed by atoms with Crippen molar-refractivity contribution in [2.75, 3.05) is 39.1 Å². The van der Waals surface area contributed by atoms with Crippen molar-refractivity contribution < 1.29 is 0 Å². The Morgan fingerprint density at radius 3 is 2.73 bits per heavy atom. The van der Waals surface area contributed by atoms with Gasteiger partial charge in [0.15, 0.2) is 0 Å². The molecule has 0 aromatic heterocycles. The van der Waals surface area contributed by atoms with Crippen molar-refractivity contribution in [1.82, 2.24) is 9.80 Å². The molecular weight excluding hydrogens is 208 g/mol. The molecule has 1 rings (SSSR count). The van der Waals surface area contributed by atoms with Crippen LogP contribution in [-0.4, -0.2) is 54.9 Å². The smallest absolute Gasteiger partial charge is 0.0223 e. The fourth-order valence-corrected chi connectivity index (χ4v) is 2.53. The van der Waals surface area contributed by atoms with Crippen LogP contribution in [0.15, 0.2) is 0 Å². The second-order valence-corrected chi connectivity index (χ2v) is 5.13. The summed E-state index contributed by atoms with van der Waals surface area (Å²) >= 11 is 5.68. The molecule has 0 aromatic carbocycles. The quantitative estimate of drug-likeness (QED) is 0.531. The zero-order valence-corrected chi connectivity index (χ0v) is 11.0. The number of alkyl halides is 1. The first-order valence-electron chi connectivity index (χ1n) is 6.22. The number of hydrogen-bond donors (Lipinski definition) is 0. The fraction of sp³-hybridized carbons (Fsp3) is 1.00. The van der Waals surface area contributed by atoms with E-state index in [4.69, 9.17) is 11.6 Å². The minimum absolute atomic E-state index is 0.716. The zero-order valence-electron chi connectivity index (χ0n) is 10.2. The van der Waals surface area contributed by atoms with Gasteiger partial charge >= 0.3 is 0 Å². The molecule has 1 aliphatic rings. The summed E-state index contributed by atoms with van der Waals surface area (Å²) in [4.78, 5) is 5.08. The van der Waals surface area contributed by atoms with Crippen LogP contribution >= 0.6 is 11.6 Å². The summed E-state index contributed by atoms with van der Waals surface area (Å²) in [5.41, 5.74) is 0. The SMILES string of the molecule is CC1CN(C)CCCN1CCCCCCl. The Morgan fingerprint density at radius 2 is 2.00 bits per heavy atom. The molecule has 0 aliphatic carbocycles. The highest BCUT2D eigenvalue weighted by Gasteiger charge is 2.18. The van der Waals surface area contributed by atoms with Crippen molar-refractivity contribution in [3.05, 3.63) is 0 Å². The lowest BCUT2D eigenvalue weighted by atomic mass is 10.2. The van der Waals surface area contributed by atoms with E-state index in [2.05, 4.69) is 23.8 Å². The van der Waals surface area contributed by atoms with E-state index in [1.54, 1.807) is 0 Å². The Bertz CT molecular complexity index is 164. The van der Waals surface area contributed by atoms with Gasteiger partial charge in [-0.25, -0.2) is 0 Å². The van der Waals surface area contributed by atoms with E-state index in [-0.39, 0.29) is 0 Å². The molecule has 0 N–H and O–H groups in total. The predicted molar refractivity (Wildman–Crippen MR) is 67.7 cm³/mol. The highest BCUT2D eigenvalue weighted by atomic mass is 35.5. The molecule has 1 aliphatic heterocycles. The molecule has 0 amide bonds. The summed E-state index contributed by atoms with van der Waals surface area (Å²) in [5, 5.41) is 0. The summed E-state index contributed by atoms with van der Waals surface area (Å²) in [7, 11) is 2.23. The third-order valence-corrected chi connectivity index (χ3v) is 3.53. The molecule has 0 bridgehead atoms. The minimum Gasteiger partial charge on any atom is -0.305 e. The van der Waals surface area contributed by atoms with Crippen molar-refractivity contribution in [3.8, 4) is 0 Å². The van der Waals surface area contributed by atoms with E-state index in [0.717, 1.165) is 5.88 Å². The average Bonchev–Trinajstić information content (AvgIpc) is 2.35. The van der Waals surface area contributed by atoms with Crippen LogP contribution in [0.3, 0.4) is 0 Å². The molecule has 0 radical (unpaired) electrons. The molecule has 0 aromatic rings. The van der Waals surface area contributed by atoms with Gasteiger partial charge in [-0.3, -0.25) is 4.90 Å². The lowest BCUT2D eigenvalue weighted by Crippen LogP contribution is -2.38. The van der Waals surface area contributed by atoms with Crippen molar-refractivity contribution in [2.24, 2.45) is 0 Å². The topological polar surface area (TPSA) is 6.48 Å². The van der Waals surface area contributed by atoms with Gasteiger partial charge in [-0.15, -0.1) is 11.6 Å². The highest BCUT2D eigenvalue weighted by molar-refractivity contribution is 6.17. The molecule has 3 heteroatoms. The van der Waals surface area contributed by atoms with Crippen molar-refractivity contribution in [3.63, 3.8) is 0 Å². The van der Waals surface area contributed by atoms with Crippen LogP contribution in [0.2, 0.25) is 0 Å². The second-order valence-electron chi connectivity index (χ2n) is 4.75. The standard InChI is InChI=1S/C12H25ClN2/c1-12-11-14(2)8-6-10-15(12)9-5-3-4-7-13/h12H,3-11H2,1-2H3. The molecule has 0 spiro atoms. The van der Waals surface area contributed by atoms with Crippen LogP contribution < -0.4 is 0 Å². The van der Waals surface area contributed by atoms with Crippen LogP contribution in [-0.2, 0) is 0 Å². The Balaban J connectivity index is 2.20. The van der Waals surface area contributed by atoms with E-state index in [0.29, 0.717) is 6.04 Å². The summed E-state index contributed by atoms with van der Waals surface area (Å²) in [6, 6.07) is 0.716. The third kappa shape index (κ3) is 5.19. The van der Waals surface area contributed by atoms with Gasteiger partial charge in [0, 0.05) is 18.5 Å². The molecule has 1 saturated heterocycles. The van der Waals surface area contributed by atoms with Crippen molar-refractivity contribution >= 4 is 11.6 Å². The molecule has 1 fully saturated rings. The van der Waals surface area contributed by atoms with Gasteiger partial charge in [-0.05, 0) is 52.9 Å². The molecule has 2 nitrogen and oxygen atoms in total. The summed E-state index contributed by atoms with van der Waals surface area (Å²) in [5.74, 6) is 0.818. The van der Waals surface area contributed by atoms with Crippen molar-refractivity contribution in [2.45, 2.75) is 38.6 Å². The number of rotatable bonds is 5. The van der Waals surface area contributed by atoms with E-state index in [1.165, 1.54) is 51.9 Å². The number of unbranched alkanes of at least 4 members (excludes halogenated alkanes) is 2. The lowest BCUT2D eigenvalue weighted by molar-refractivity contribution is 0.199. The maximum Gasteiger partial charge on any atom is 0.0223 e. The van der Waals surface area contributed by atoms with Crippen molar-refractivity contribution in [1.29, 1.82) is 0 Å². The van der Waals surface area contributed by atoms with Gasteiger partial charge in [-0.1, -0.05) is 6.42 Å². The summed E-state index contributed by atoms with van der Waals surface area (Å²) < 4.78 is 0. The fourth-order valence-electron chi connectivity index (χ4n) is 2.34. The lowest BCUT2D eigenvalue weighted by Gasteiger charge is -2.27. The van der Waals surface area contributed by atoms with Gasteiger partial charge in [-0.2, -0.15) is 0 Å². The normalized spacial score (nSPS) is 25.4. The van der Waals surface area contributed by atoms with Gasteiger partial charge in [0.25, 0.3) is 0 Å². The first kappa shape index (κ1) is 13.3. The highest BCUT2D eigenvalue weighted by Crippen LogP contribution is 2.10. The van der Waals surface area contributed by atoms with E-state index in [1.807, 2.05) is 0 Å². The Labute approximate surface area is 99.6 Å². The van der Waals surface area contributed by atoms with Crippen LogP contribution in [0.5, 0.6) is 0 Å². The number of likely N-dealkylation sites (N-methyl/N-ethyl adjacent to an activating group) is 1. The molecular formula is C12H25ClN2. The maximum absolute atomic E-state index is 5.68. The monoisotopic (exact) mass is 232 g/mol. The van der Waals surface area contributed by atoms with Crippen LogP contribution in [0.25, 0.3) is 0 Å². The predicted octanol–water partition coefficient (Wildman–Crippen LogP) is 2.42. The Hall–Kier alpha value is 0.210. The molecule has 0 saturated carbocycles. The zero-order chi connectivity index (χ0) is 11.1. The minimum atomic E-state index is 0.716. The van der Waals surface area contributed by atoms with Crippen LogP contribution in [0.4, 0.5) is 0 Å². The molecule has 1 atom stereocenters. The van der Waals surface area contributed by atoms with Crippen LogP contribution in [0, 0.1) is 0 Å².